The number of rotatable bonds is 6. The molecule has 0 unspecified atom stereocenters. The Hall–Kier alpha value is -2.50. The van der Waals surface area contributed by atoms with E-state index < -0.39 is 6.10 Å². The van der Waals surface area contributed by atoms with Crippen molar-refractivity contribution in [3.63, 3.8) is 0 Å². The Balaban J connectivity index is 1.80. The smallest absolute Gasteiger partial charge is 0.263 e. The zero-order chi connectivity index (χ0) is 17.8. The van der Waals surface area contributed by atoms with Crippen LogP contribution in [0.25, 0.3) is 0 Å². The number of nitrogens with zero attached hydrogens (tertiary/aromatic N) is 2. The zero-order valence-corrected chi connectivity index (χ0v) is 15.1. The second kappa shape index (κ2) is 7.59. The fourth-order valence-electron chi connectivity index (χ4n) is 3.12. The molecule has 2 heterocycles. The van der Waals surface area contributed by atoms with Crippen LogP contribution in [0.3, 0.4) is 0 Å². The number of carbonyl (C=O) groups excluding carboxylic acids is 1. The zero-order valence-electron chi connectivity index (χ0n) is 15.1. The van der Waals surface area contributed by atoms with Crippen molar-refractivity contribution >= 4 is 11.6 Å². The molecule has 0 bridgehead atoms. The molecule has 1 atom stereocenters. The highest BCUT2D eigenvalue weighted by Crippen LogP contribution is 2.34. The maximum absolute atomic E-state index is 12.7. The van der Waals surface area contributed by atoms with Gasteiger partial charge in [0.15, 0.2) is 6.10 Å². The number of anilines is 1. The predicted molar refractivity (Wildman–Crippen MR) is 97.7 cm³/mol. The number of aromatic nitrogens is 2. The summed E-state index contributed by atoms with van der Waals surface area (Å²) >= 11 is 0. The molecule has 6 nitrogen and oxygen atoms in total. The van der Waals surface area contributed by atoms with E-state index in [9.17, 15) is 4.79 Å². The van der Waals surface area contributed by atoms with Crippen molar-refractivity contribution in [1.29, 1.82) is 0 Å². The highest BCUT2D eigenvalue weighted by Gasteiger charge is 2.31. The highest BCUT2D eigenvalue weighted by atomic mass is 16.5. The van der Waals surface area contributed by atoms with Crippen molar-refractivity contribution in [2.75, 3.05) is 11.4 Å². The quantitative estimate of drug-likeness (QED) is 0.847. The summed E-state index contributed by atoms with van der Waals surface area (Å²) in [6.07, 6.45) is 3.17. The Morgan fingerprint density at radius 1 is 1.40 bits per heavy atom. The molecule has 0 fully saturated rings. The molecule has 0 saturated carbocycles. The van der Waals surface area contributed by atoms with Crippen molar-refractivity contribution in [2.45, 2.75) is 52.3 Å². The molecule has 1 aliphatic heterocycles. The van der Waals surface area contributed by atoms with Gasteiger partial charge in [-0.05, 0) is 31.9 Å². The van der Waals surface area contributed by atoms with Gasteiger partial charge in [0.2, 0.25) is 0 Å². The van der Waals surface area contributed by atoms with Gasteiger partial charge in [-0.1, -0.05) is 26.0 Å². The first-order valence-electron chi connectivity index (χ1n) is 8.92. The molecule has 25 heavy (non-hydrogen) atoms. The summed E-state index contributed by atoms with van der Waals surface area (Å²) in [5, 5.41) is 10.2. The molecule has 2 N–H and O–H groups in total. The standard InChI is InChI=1S/C19H26N4O2/c1-4-15(5-2)21-19(24)18-12-23(11-14-10-20-22-13(14)3)16-8-6-7-9-17(16)25-18/h6-10,15,18H,4-5,11-12H2,1-3H3,(H,20,22)(H,21,24)/t18-/m0/s1. The minimum atomic E-state index is -0.511. The van der Waals surface area contributed by atoms with Crippen LogP contribution in [0.5, 0.6) is 5.75 Å². The number of aromatic amines is 1. The van der Waals surface area contributed by atoms with Gasteiger partial charge in [-0.3, -0.25) is 9.89 Å². The molecule has 1 aromatic carbocycles. The number of carbonyl (C=O) groups is 1. The molecular weight excluding hydrogens is 316 g/mol. The van der Waals surface area contributed by atoms with Gasteiger partial charge in [-0.2, -0.15) is 5.10 Å². The van der Waals surface area contributed by atoms with Crippen LogP contribution in [-0.2, 0) is 11.3 Å². The summed E-state index contributed by atoms with van der Waals surface area (Å²) in [4.78, 5) is 14.9. The molecule has 3 rings (SSSR count). The third kappa shape index (κ3) is 3.78. The van der Waals surface area contributed by atoms with E-state index in [4.69, 9.17) is 4.74 Å². The summed E-state index contributed by atoms with van der Waals surface area (Å²) in [5.41, 5.74) is 3.17. The lowest BCUT2D eigenvalue weighted by atomic mass is 10.1. The number of benzene rings is 1. The lowest BCUT2D eigenvalue weighted by Crippen LogP contribution is -2.51. The van der Waals surface area contributed by atoms with Crippen molar-refractivity contribution in [1.82, 2.24) is 15.5 Å². The van der Waals surface area contributed by atoms with Crippen LogP contribution >= 0.6 is 0 Å². The lowest BCUT2D eigenvalue weighted by molar-refractivity contribution is -0.128. The van der Waals surface area contributed by atoms with Crippen LogP contribution in [0.1, 0.15) is 37.9 Å². The van der Waals surface area contributed by atoms with Crippen LogP contribution in [0.4, 0.5) is 5.69 Å². The van der Waals surface area contributed by atoms with Crippen LogP contribution in [0.15, 0.2) is 30.5 Å². The summed E-state index contributed by atoms with van der Waals surface area (Å²) in [6.45, 7) is 7.38. The Kier molecular flexibility index (Phi) is 5.26. The number of para-hydroxylation sites is 2. The third-order valence-corrected chi connectivity index (χ3v) is 4.78. The Morgan fingerprint density at radius 3 is 2.84 bits per heavy atom. The Labute approximate surface area is 148 Å². The summed E-state index contributed by atoms with van der Waals surface area (Å²) in [6, 6.07) is 8.06. The first-order valence-corrected chi connectivity index (χ1v) is 8.92. The topological polar surface area (TPSA) is 70.2 Å². The van der Waals surface area contributed by atoms with E-state index in [1.54, 1.807) is 0 Å². The van der Waals surface area contributed by atoms with E-state index in [0.717, 1.165) is 35.5 Å². The van der Waals surface area contributed by atoms with Gasteiger partial charge in [0.25, 0.3) is 5.91 Å². The van der Waals surface area contributed by atoms with E-state index in [1.807, 2.05) is 37.4 Å². The van der Waals surface area contributed by atoms with Crippen LogP contribution in [0.2, 0.25) is 0 Å². The first kappa shape index (κ1) is 17.3. The van der Waals surface area contributed by atoms with E-state index in [1.165, 1.54) is 0 Å². The van der Waals surface area contributed by atoms with Gasteiger partial charge in [-0.25, -0.2) is 0 Å². The number of hydrogen-bond donors (Lipinski definition) is 2. The number of H-pyrrole nitrogens is 1. The Morgan fingerprint density at radius 2 is 2.16 bits per heavy atom. The number of fused-ring (bicyclic) bond motifs is 1. The van der Waals surface area contributed by atoms with Crippen molar-refractivity contribution < 1.29 is 9.53 Å². The second-order valence-corrected chi connectivity index (χ2v) is 6.50. The van der Waals surface area contributed by atoms with Crippen molar-refractivity contribution in [3.8, 4) is 5.75 Å². The van der Waals surface area contributed by atoms with Crippen LogP contribution in [0, 0.1) is 6.92 Å². The maximum atomic E-state index is 12.7. The van der Waals surface area contributed by atoms with Gasteiger partial charge < -0.3 is 15.0 Å². The van der Waals surface area contributed by atoms with E-state index >= 15 is 0 Å². The number of hydrogen-bond acceptors (Lipinski definition) is 4. The highest BCUT2D eigenvalue weighted by molar-refractivity contribution is 5.83. The Bertz CT molecular complexity index is 724. The third-order valence-electron chi connectivity index (χ3n) is 4.78. The maximum Gasteiger partial charge on any atom is 0.263 e. The molecule has 0 spiro atoms. The van der Waals surface area contributed by atoms with Gasteiger partial charge in [-0.15, -0.1) is 0 Å². The number of amides is 1. The normalized spacial score (nSPS) is 16.5. The van der Waals surface area contributed by atoms with Gasteiger partial charge in [0.1, 0.15) is 5.75 Å². The number of ether oxygens (including phenoxy) is 1. The molecule has 1 aliphatic rings. The molecule has 134 valence electrons. The van der Waals surface area contributed by atoms with Gasteiger partial charge in [0.05, 0.1) is 18.4 Å². The molecule has 1 amide bonds. The minimum absolute atomic E-state index is 0.0443. The van der Waals surface area contributed by atoms with Crippen molar-refractivity contribution in [3.05, 3.63) is 41.7 Å². The largest absolute Gasteiger partial charge is 0.477 e. The summed E-state index contributed by atoms with van der Waals surface area (Å²) in [7, 11) is 0. The molecule has 0 aliphatic carbocycles. The van der Waals surface area contributed by atoms with Crippen LogP contribution < -0.4 is 15.0 Å². The van der Waals surface area contributed by atoms with E-state index in [0.29, 0.717) is 13.1 Å². The van der Waals surface area contributed by atoms with E-state index in [2.05, 4.69) is 34.3 Å². The molecular formula is C19H26N4O2. The number of aryl methyl sites for hydroxylation is 1. The lowest BCUT2D eigenvalue weighted by Gasteiger charge is -2.36. The molecule has 0 radical (unpaired) electrons. The number of nitrogens with one attached hydrogen (secondary N) is 2. The SMILES string of the molecule is CCC(CC)NC(=O)[C@@H]1CN(Cc2cn[nH]c2C)c2ccccc2O1. The van der Waals surface area contributed by atoms with Crippen LogP contribution in [-0.4, -0.2) is 34.8 Å². The average molecular weight is 342 g/mol. The molecule has 2 aromatic rings. The molecule has 0 saturated heterocycles. The monoisotopic (exact) mass is 342 g/mol. The second-order valence-electron chi connectivity index (χ2n) is 6.50. The molecule has 6 heteroatoms. The summed E-state index contributed by atoms with van der Waals surface area (Å²) in [5.74, 6) is 0.705. The fraction of sp³-hybridized carbons (Fsp3) is 0.474. The van der Waals surface area contributed by atoms with Gasteiger partial charge in [0, 0.05) is 23.8 Å². The minimum Gasteiger partial charge on any atom is -0.477 e. The summed E-state index contributed by atoms with van der Waals surface area (Å²) < 4.78 is 5.99. The van der Waals surface area contributed by atoms with E-state index in [-0.39, 0.29) is 11.9 Å². The fourth-order valence-corrected chi connectivity index (χ4v) is 3.12. The van der Waals surface area contributed by atoms with Gasteiger partial charge >= 0.3 is 0 Å². The average Bonchev–Trinajstić information content (AvgIpc) is 3.04. The first-order chi connectivity index (χ1) is 12.1. The molecule has 1 aromatic heterocycles. The van der Waals surface area contributed by atoms with Crippen molar-refractivity contribution in [2.24, 2.45) is 0 Å². The predicted octanol–water partition coefficient (Wildman–Crippen LogP) is 2.79.